The van der Waals surface area contributed by atoms with Crippen molar-refractivity contribution < 1.29 is 0 Å². The van der Waals surface area contributed by atoms with Crippen LogP contribution in [0, 0.1) is 6.92 Å². The van der Waals surface area contributed by atoms with E-state index in [1.807, 2.05) is 18.2 Å². The quantitative estimate of drug-likeness (QED) is 0.449. The van der Waals surface area contributed by atoms with Crippen LogP contribution < -0.4 is 0 Å². The zero-order valence-corrected chi connectivity index (χ0v) is 15.8. The molecule has 0 fully saturated rings. The molecule has 0 atom stereocenters. The van der Waals surface area contributed by atoms with Crippen LogP contribution in [0.1, 0.15) is 22.6 Å². The standard InChI is InChI=1S/C24H23N3/c1-4-5-9-20-17(2)11-15-22-24(20)26-23(27(22)3)16-14-19-13-12-18-8-6-7-10-21(18)25-19/h4-13,15H,1,14,16H2,2-3H3/b9-5-. The Balaban J connectivity index is 1.66. The smallest absolute Gasteiger partial charge is 0.110 e. The first-order valence-corrected chi connectivity index (χ1v) is 9.26. The van der Waals surface area contributed by atoms with Gasteiger partial charge in [-0.2, -0.15) is 0 Å². The van der Waals surface area contributed by atoms with Crippen molar-refractivity contribution in [2.45, 2.75) is 19.8 Å². The van der Waals surface area contributed by atoms with Crippen LogP contribution in [-0.4, -0.2) is 14.5 Å². The number of pyridine rings is 1. The largest absolute Gasteiger partial charge is 0.331 e. The van der Waals surface area contributed by atoms with Gasteiger partial charge in [0, 0.05) is 30.1 Å². The van der Waals surface area contributed by atoms with Gasteiger partial charge in [0.2, 0.25) is 0 Å². The summed E-state index contributed by atoms with van der Waals surface area (Å²) in [5.41, 5.74) is 6.75. The number of fused-ring (bicyclic) bond motifs is 2. The van der Waals surface area contributed by atoms with Crippen molar-refractivity contribution in [3.05, 3.63) is 89.9 Å². The van der Waals surface area contributed by atoms with Crippen molar-refractivity contribution in [2.75, 3.05) is 0 Å². The second-order valence-corrected chi connectivity index (χ2v) is 6.84. The Labute approximate surface area is 159 Å². The highest BCUT2D eigenvalue weighted by atomic mass is 15.1. The highest BCUT2D eigenvalue weighted by Crippen LogP contribution is 2.24. The number of hydrogen-bond donors (Lipinski definition) is 0. The molecule has 0 saturated carbocycles. The third-order valence-electron chi connectivity index (χ3n) is 5.06. The fraction of sp³-hybridized carbons (Fsp3) is 0.167. The molecule has 0 aliphatic rings. The van der Waals surface area contributed by atoms with Crippen molar-refractivity contribution in [1.82, 2.24) is 14.5 Å². The van der Waals surface area contributed by atoms with Gasteiger partial charge in [-0.25, -0.2) is 4.98 Å². The van der Waals surface area contributed by atoms with Crippen molar-refractivity contribution >= 4 is 28.0 Å². The van der Waals surface area contributed by atoms with Crippen molar-refractivity contribution in [3.8, 4) is 0 Å². The first-order chi connectivity index (χ1) is 13.2. The van der Waals surface area contributed by atoms with Crippen LogP contribution in [-0.2, 0) is 19.9 Å². The molecule has 0 aliphatic heterocycles. The van der Waals surface area contributed by atoms with E-state index in [0.717, 1.165) is 46.5 Å². The molecular formula is C24H23N3. The van der Waals surface area contributed by atoms with E-state index in [2.05, 4.69) is 67.6 Å². The second kappa shape index (κ2) is 7.20. The van der Waals surface area contributed by atoms with Gasteiger partial charge in [0.1, 0.15) is 5.82 Å². The minimum atomic E-state index is 0.861. The summed E-state index contributed by atoms with van der Waals surface area (Å²) in [5.74, 6) is 1.08. The lowest BCUT2D eigenvalue weighted by molar-refractivity contribution is 0.778. The van der Waals surface area contributed by atoms with Gasteiger partial charge in [0.05, 0.1) is 16.6 Å². The molecule has 0 bridgehead atoms. The maximum Gasteiger partial charge on any atom is 0.110 e. The van der Waals surface area contributed by atoms with Crippen LogP contribution in [0.25, 0.3) is 28.0 Å². The molecular weight excluding hydrogens is 330 g/mol. The van der Waals surface area contributed by atoms with Gasteiger partial charge in [-0.05, 0) is 37.1 Å². The molecule has 0 unspecified atom stereocenters. The average Bonchev–Trinajstić information content (AvgIpc) is 3.01. The van der Waals surface area contributed by atoms with Gasteiger partial charge in [-0.3, -0.25) is 4.98 Å². The monoisotopic (exact) mass is 353 g/mol. The normalized spacial score (nSPS) is 11.6. The number of imidazole rings is 1. The molecule has 0 saturated heterocycles. The number of rotatable bonds is 5. The lowest BCUT2D eigenvalue weighted by atomic mass is 10.1. The third kappa shape index (κ3) is 3.28. The van der Waals surface area contributed by atoms with Crippen LogP contribution in [0.2, 0.25) is 0 Å². The molecule has 0 spiro atoms. The van der Waals surface area contributed by atoms with Crippen LogP contribution >= 0.6 is 0 Å². The minimum absolute atomic E-state index is 0.861. The van der Waals surface area contributed by atoms with Gasteiger partial charge >= 0.3 is 0 Å². The zero-order valence-electron chi connectivity index (χ0n) is 15.8. The Morgan fingerprint density at radius 1 is 1.00 bits per heavy atom. The number of aryl methyl sites for hydroxylation is 4. The van der Waals surface area contributed by atoms with Gasteiger partial charge in [0.15, 0.2) is 0 Å². The average molecular weight is 353 g/mol. The number of aromatic nitrogens is 3. The maximum absolute atomic E-state index is 4.95. The van der Waals surface area contributed by atoms with E-state index in [9.17, 15) is 0 Å². The first kappa shape index (κ1) is 17.2. The van der Waals surface area contributed by atoms with Crippen molar-refractivity contribution in [2.24, 2.45) is 7.05 Å². The molecule has 0 aliphatic carbocycles. The topological polar surface area (TPSA) is 30.7 Å². The van der Waals surface area contributed by atoms with E-state index >= 15 is 0 Å². The summed E-state index contributed by atoms with van der Waals surface area (Å²) in [6, 6.07) is 16.8. The number of para-hydroxylation sites is 1. The second-order valence-electron chi connectivity index (χ2n) is 6.84. The Kier molecular flexibility index (Phi) is 4.59. The summed E-state index contributed by atoms with van der Waals surface area (Å²) in [5, 5.41) is 1.18. The summed E-state index contributed by atoms with van der Waals surface area (Å²) in [7, 11) is 2.09. The first-order valence-electron chi connectivity index (χ1n) is 9.26. The molecule has 0 N–H and O–H groups in total. The maximum atomic E-state index is 4.95. The zero-order chi connectivity index (χ0) is 18.8. The molecule has 134 valence electrons. The van der Waals surface area contributed by atoms with Gasteiger partial charge < -0.3 is 4.57 Å². The van der Waals surface area contributed by atoms with E-state index in [0.29, 0.717) is 0 Å². The molecule has 4 rings (SSSR count). The highest BCUT2D eigenvalue weighted by molar-refractivity contribution is 5.87. The summed E-state index contributed by atoms with van der Waals surface area (Å²) in [4.78, 5) is 9.74. The molecule has 2 aromatic carbocycles. The molecule has 27 heavy (non-hydrogen) atoms. The van der Waals surface area contributed by atoms with Gasteiger partial charge in [-0.15, -0.1) is 0 Å². The summed E-state index contributed by atoms with van der Waals surface area (Å²) >= 11 is 0. The molecule has 2 heterocycles. The van der Waals surface area contributed by atoms with Crippen LogP contribution in [0.5, 0.6) is 0 Å². The van der Waals surface area contributed by atoms with Crippen molar-refractivity contribution in [1.29, 1.82) is 0 Å². The summed E-state index contributed by atoms with van der Waals surface area (Å²) in [6.07, 6.45) is 7.59. The predicted octanol–water partition coefficient (Wildman–Crippen LogP) is 5.41. The Morgan fingerprint density at radius 2 is 1.85 bits per heavy atom. The van der Waals surface area contributed by atoms with E-state index in [1.54, 1.807) is 6.08 Å². The van der Waals surface area contributed by atoms with Gasteiger partial charge in [0.25, 0.3) is 0 Å². The van der Waals surface area contributed by atoms with Crippen LogP contribution in [0.3, 0.4) is 0 Å². The fourth-order valence-corrected chi connectivity index (χ4v) is 3.51. The third-order valence-corrected chi connectivity index (χ3v) is 5.06. The fourth-order valence-electron chi connectivity index (χ4n) is 3.51. The summed E-state index contributed by atoms with van der Waals surface area (Å²) in [6.45, 7) is 5.89. The van der Waals surface area contributed by atoms with E-state index < -0.39 is 0 Å². The van der Waals surface area contributed by atoms with E-state index in [4.69, 9.17) is 9.97 Å². The number of allylic oxidation sites excluding steroid dienone is 2. The lowest BCUT2D eigenvalue weighted by Crippen LogP contribution is -2.01. The molecule has 0 amide bonds. The Morgan fingerprint density at radius 3 is 2.70 bits per heavy atom. The number of benzene rings is 2. The Hall–Kier alpha value is -3.20. The molecule has 2 aromatic heterocycles. The van der Waals surface area contributed by atoms with Crippen molar-refractivity contribution in [3.63, 3.8) is 0 Å². The predicted molar refractivity (Wildman–Crippen MR) is 114 cm³/mol. The minimum Gasteiger partial charge on any atom is -0.331 e. The van der Waals surface area contributed by atoms with Crippen LogP contribution in [0.15, 0.2) is 67.3 Å². The Bertz CT molecular complexity index is 1170. The number of nitrogens with zero attached hydrogens (tertiary/aromatic N) is 3. The summed E-state index contributed by atoms with van der Waals surface area (Å²) < 4.78 is 2.20. The van der Waals surface area contributed by atoms with Crippen LogP contribution in [0.4, 0.5) is 0 Å². The molecule has 4 aromatic rings. The molecule has 3 nitrogen and oxygen atoms in total. The lowest BCUT2D eigenvalue weighted by Gasteiger charge is -2.04. The van der Waals surface area contributed by atoms with E-state index in [1.165, 1.54) is 10.9 Å². The van der Waals surface area contributed by atoms with Gasteiger partial charge in [-0.1, -0.05) is 55.1 Å². The molecule has 3 heteroatoms. The SMILES string of the molecule is C=C/C=C\c1c(C)ccc2c1nc(CCc1ccc3ccccc3n1)n2C. The highest BCUT2D eigenvalue weighted by Gasteiger charge is 2.12. The number of hydrogen-bond acceptors (Lipinski definition) is 2. The molecule has 0 radical (unpaired) electrons. The van der Waals surface area contributed by atoms with E-state index in [-0.39, 0.29) is 0 Å².